The van der Waals surface area contributed by atoms with Gasteiger partial charge in [0, 0.05) is 32.4 Å². The molecule has 1 saturated heterocycles. The fourth-order valence-corrected chi connectivity index (χ4v) is 5.88. The second-order valence-corrected chi connectivity index (χ2v) is 10.3. The van der Waals surface area contributed by atoms with Crippen molar-refractivity contribution in [2.75, 3.05) is 30.4 Å². The van der Waals surface area contributed by atoms with Crippen molar-refractivity contribution in [3.8, 4) is 0 Å². The molecule has 3 aromatic rings. The number of carbonyl (C=O) groups excluding carboxylic acids is 1. The van der Waals surface area contributed by atoms with Crippen LogP contribution in [0.3, 0.4) is 0 Å². The molecule has 2 fully saturated rings. The van der Waals surface area contributed by atoms with E-state index >= 15 is 0 Å². The number of anilines is 2. The van der Waals surface area contributed by atoms with E-state index in [0.29, 0.717) is 20.9 Å². The number of aromatic nitrogens is 4. The van der Waals surface area contributed by atoms with E-state index in [1.165, 1.54) is 24.2 Å². The van der Waals surface area contributed by atoms with Crippen LogP contribution in [0, 0.1) is 5.41 Å². The van der Waals surface area contributed by atoms with Gasteiger partial charge in [-0.05, 0) is 50.0 Å². The Morgan fingerprint density at radius 3 is 2.74 bits per heavy atom. The number of thiazole rings is 1. The zero-order chi connectivity index (χ0) is 21.4. The number of amides is 2. The number of aromatic amines is 1. The zero-order valence-corrected chi connectivity index (χ0v) is 19.0. The zero-order valence-electron chi connectivity index (χ0n) is 17.5. The van der Waals surface area contributed by atoms with Crippen molar-refractivity contribution in [2.24, 2.45) is 5.41 Å². The van der Waals surface area contributed by atoms with Crippen LogP contribution in [-0.2, 0) is 0 Å². The van der Waals surface area contributed by atoms with E-state index in [2.05, 4.69) is 37.2 Å². The van der Waals surface area contributed by atoms with Gasteiger partial charge >= 0.3 is 6.03 Å². The average molecular weight is 460 g/mol. The maximum Gasteiger partial charge on any atom is 0.323 e. The number of carbonyl (C=O) groups is 1. The minimum atomic E-state index is -0.0754. The highest BCUT2D eigenvalue weighted by atomic mass is 35.5. The van der Waals surface area contributed by atoms with Gasteiger partial charge in [-0.25, -0.2) is 19.7 Å². The molecule has 2 amide bonds. The van der Waals surface area contributed by atoms with E-state index in [-0.39, 0.29) is 6.03 Å². The lowest BCUT2D eigenvalue weighted by Crippen LogP contribution is -2.47. The molecule has 0 unspecified atom stereocenters. The Hall–Kier alpha value is -2.39. The third-order valence-electron chi connectivity index (χ3n) is 7.03. The number of halogens is 1. The van der Waals surface area contributed by atoms with Gasteiger partial charge in [0.2, 0.25) is 0 Å². The smallest absolute Gasteiger partial charge is 0.323 e. The Bertz CT molecular complexity index is 1060. The van der Waals surface area contributed by atoms with Gasteiger partial charge in [0.05, 0.1) is 11.6 Å². The van der Waals surface area contributed by atoms with Crippen molar-refractivity contribution in [1.29, 1.82) is 0 Å². The molecule has 0 aromatic carbocycles. The first kappa shape index (κ1) is 20.5. The van der Waals surface area contributed by atoms with Gasteiger partial charge < -0.3 is 14.8 Å². The normalized spacial score (nSPS) is 19.1. The molecule has 1 spiro atoms. The molecule has 8 nitrogen and oxygen atoms in total. The second kappa shape index (κ2) is 8.27. The van der Waals surface area contributed by atoms with Crippen LogP contribution in [0.25, 0.3) is 11.0 Å². The number of urea groups is 1. The maximum atomic E-state index is 12.5. The van der Waals surface area contributed by atoms with Gasteiger partial charge in [-0.2, -0.15) is 0 Å². The van der Waals surface area contributed by atoms with Gasteiger partial charge in [0.25, 0.3) is 0 Å². The summed E-state index contributed by atoms with van der Waals surface area (Å²) < 4.78 is 0.578. The van der Waals surface area contributed by atoms with Gasteiger partial charge in [-0.3, -0.25) is 5.32 Å². The molecular formula is C21H26ClN7OS. The van der Waals surface area contributed by atoms with Crippen LogP contribution in [0.15, 0.2) is 24.8 Å². The topological polar surface area (TPSA) is 90.0 Å². The molecular weight excluding hydrogens is 434 g/mol. The van der Waals surface area contributed by atoms with Crippen LogP contribution >= 0.6 is 22.9 Å². The number of hydrogen-bond acceptors (Lipinski definition) is 6. The lowest BCUT2D eigenvalue weighted by atomic mass is 9.67. The van der Waals surface area contributed by atoms with Gasteiger partial charge in [-0.1, -0.05) is 22.9 Å². The summed E-state index contributed by atoms with van der Waals surface area (Å²) >= 11 is 7.19. The van der Waals surface area contributed by atoms with Gasteiger partial charge in [-0.15, -0.1) is 0 Å². The monoisotopic (exact) mass is 459 g/mol. The molecule has 1 aliphatic heterocycles. The number of likely N-dealkylation sites (tertiary alicyclic amines) is 1. The highest BCUT2D eigenvalue weighted by Gasteiger charge is 2.40. The Morgan fingerprint density at radius 1 is 1.26 bits per heavy atom. The number of H-pyrrole nitrogens is 1. The van der Waals surface area contributed by atoms with Crippen LogP contribution in [0.4, 0.5) is 15.7 Å². The van der Waals surface area contributed by atoms with Crippen molar-refractivity contribution >= 4 is 51.0 Å². The summed E-state index contributed by atoms with van der Waals surface area (Å²) in [5.74, 6) is 1.00. The van der Waals surface area contributed by atoms with Crippen molar-refractivity contribution in [3.63, 3.8) is 0 Å². The Balaban J connectivity index is 1.16. The van der Waals surface area contributed by atoms with Crippen LogP contribution in [0.1, 0.15) is 38.5 Å². The summed E-state index contributed by atoms with van der Waals surface area (Å²) in [4.78, 5) is 32.9. The van der Waals surface area contributed by atoms with E-state index < -0.39 is 0 Å². The first-order chi connectivity index (χ1) is 15.0. The number of nitrogens with zero attached hydrogens (tertiary/aromatic N) is 5. The Labute approximate surface area is 190 Å². The van der Waals surface area contributed by atoms with Crippen LogP contribution in [0.2, 0.25) is 4.34 Å². The quantitative estimate of drug-likeness (QED) is 0.589. The van der Waals surface area contributed by atoms with E-state index in [9.17, 15) is 4.79 Å². The van der Waals surface area contributed by atoms with Crippen molar-refractivity contribution in [1.82, 2.24) is 24.8 Å². The van der Waals surface area contributed by atoms with Crippen molar-refractivity contribution in [2.45, 2.75) is 44.6 Å². The third kappa shape index (κ3) is 4.08. The van der Waals surface area contributed by atoms with Crippen molar-refractivity contribution in [3.05, 3.63) is 29.1 Å². The van der Waals surface area contributed by atoms with E-state index in [1.807, 2.05) is 17.2 Å². The molecule has 0 bridgehead atoms. The number of nitrogens with one attached hydrogen (secondary N) is 2. The molecule has 1 saturated carbocycles. The summed E-state index contributed by atoms with van der Waals surface area (Å²) in [7, 11) is 2.15. The van der Waals surface area contributed by atoms with E-state index in [1.54, 1.807) is 12.5 Å². The largest absolute Gasteiger partial charge is 0.356 e. The minimum Gasteiger partial charge on any atom is -0.356 e. The van der Waals surface area contributed by atoms with Gasteiger partial charge in [0.15, 0.2) is 5.13 Å². The predicted molar refractivity (Wildman–Crippen MR) is 124 cm³/mol. The Kier molecular flexibility index (Phi) is 5.47. The Morgan fingerprint density at radius 2 is 2.03 bits per heavy atom. The number of fused-ring (bicyclic) bond motifs is 1. The fraction of sp³-hybridized carbons (Fsp3) is 0.524. The summed E-state index contributed by atoms with van der Waals surface area (Å²) in [5.41, 5.74) is 1.24. The molecule has 3 aromatic heterocycles. The summed E-state index contributed by atoms with van der Waals surface area (Å²) in [6, 6.07) is 2.45. The van der Waals surface area contributed by atoms with E-state index in [4.69, 9.17) is 11.6 Å². The number of piperidine rings is 1. The van der Waals surface area contributed by atoms with Crippen LogP contribution in [-0.4, -0.2) is 57.0 Å². The van der Waals surface area contributed by atoms with Crippen molar-refractivity contribution < 1.29 is 4.79 Å². The van der Waals surface area contributed by atoms with Gasteiger partial charge in [0.1, 0.15) is 22.1 Å². The van der Waals surface area contributed by atoms with Crippen LogP contribution < -0.4 is 10.2 Å². The molecule has 5 rings (SSSR count). The minimum absolute atomic E-state index is 0.0754. The SMILES string of the molecule is CN(c1ncnc2[nH]ccc12)C1CCC2(CC1)CCN(C(=O)Nc1ncc(Cl)s1)CC2. The lowest BCUT2D eigenvalue weighted by Gasteiger charge is -2.47. The average Bonchev–Trinajstić information content (AvgIpc) is 3.43. The number of hydrogen-bond donors (Lipinski definition) is 2. The summed E-state index contributed by atoms with van der Waals surface area (Å²) in [6.07, 6.45) is 11.9. The second-order valence-electron chi connectivity index (χ2n) is 8.67. The highest BCUT2D eigenvalue weighted by molar-refractivity contribution is 7.19. The molecule has 1 aliphatic carbocycles. The summed E-state index contributed by atoms with van der Waals surface area (Å²) in [6.45, 7) is 1.59. The first-order valence-corrected chi connectivity index (χ1v) is 11.9. The van der Waals surface area contributed by atoms with E-state index in [0.717, 1.165) is 55.6 Å². The molecule has 2 aliphatic rings. The fourth-order valence-electron chi connectivity index (χ4n) is 5.08. The molecule has 31 heavy (non-hydrogen) atoms. The lowest BCUT2D eigenvalue weighted by molar-refractivity contribution is 0.0786. The molecule has 0 radical (unpaired) electrons. The van der Waals surface area contributed by atoms with Crippen LogP contribution in [0.5, 0.6) is 0 Å². The molecule has 4 heterocycles. The maximum absolute atomic E-state index is 12.5. The molecule has 2 N–H and O–H groups in total. The standard InChI is InChI=1S/C21H26ClN7OS/c1-28(18-15-4-9-23-17(15)25-13-26-18)14-2-5-21(6-3-14)7-10-29(11-8-21)20(30)27-19-24-12-16(22)31-19/h4,9,12-14H,2-3,5-8,10-11H2,1H3,(H,23,25,26)(H,24,27,30). The number of rotatable bonds is 3. The predicted octanol–water partition coefficient (Wildman–Crippen LogP) is 4.76. The third-order valence-corrected chi connectivity index (χ3v) is 8.06. The molecule has 164 valence electrons. The summed E-state index contributed by atoms with van der Waals surface area (Å²) in [5, 5.41) is 4.50. The first-order valence-electron chi connectivity index (χ1n) is 10.7. The highest BCUT2D eigenvalue weighted by Crippen LogP contribution is 2.46. The molecule has 10 heteroatoms. The molecule has 0 atom stereocenters.